The third-order valence-electron chi connectivity index (χ3n) is 20.0. The standard InChI is InChI=1S/C90H99N9S3/c1-4-7-10-13-16-19-22-25-28-31-52-97-82-58-67(34-40-73-43-46-76(100-73)55-70(61-91)62-92)37-49-79(82)85-88(97)86-80-50-38-68(35-41-74-44-47-77(101-74)56-71(63-93)64-94)59-83(80)98(53-32-29-26-23-20-17-14-11-8-5-2)90(86)87-81-51-39-69(36-42-75-45-48-78(102-75)57-72(65-95)66-96)60-84(81)99(89(85)87)54-33-30-27-24-21-18-15-12-9-6-3/h34-51,55-60H,4-33,52-54H2,1-3H3/b40-34+,41-35+,42-36+. The van der Waals surface area contributed by atoms with E-state index in [1.54, 1.807) is 52.2 Å². The smallest absolute Gasteiger partial charge is 0.131 e. The Morgan fingerprint density at radius 1 is 0.284 bits per heavy atom. The van der Waals surface area contributed by atoms with Crippen LogP contribution in [0.2, 0.25) is 0 Å². The quantitative estimate of drug-likeness (QED) is 0.0274. The lowest BCUT2D eigenvalue weighted by Crippen LogP contribution is -2.02. The van der Waals surface area contributed by atoms with Gasteiger partial charge in [-0.1, -0.05) is 249 Å². The Balaban J connectivity index is 1.20. The van der Waals surface area contributed by atoms with E-state index < -0.39 is 0 Å². The molecule has 0 bridgehead atoms. The molecule has 4 aromatic carbocycles. The van der Waals surface area contributed by atoms with Gasteiger partial charge in [0.2, 0.25) is 0 Å². The number of thiophene rings is 3. The molecule has 102 heavy (non-hydrogen) atoms. The first-order chi connectivity index (χ1) is 50.2. The van der Waals surface area contributed by atoms with Gasteiger partial charge < -0.3 is 13.7 Å². The van der Waals surface area contributed by atoms with Crippen LogP contribution in [0.5, 0.6) is 0 Å². The summed E-state index contributed by atoms with van der Waals surface area (Å²) >= 11 is 4.71. The van der Waals surface area contributed by atoms with Crippen LogP contribution in [0.15, 0.2) is 108 Å². The van der Waals surface area contributed by atoms with Crippen LogP contribution in [0.1, 0.15) is 259 Å². The Hall–Kier alpha value is -9.24. The van der Waals surface area contributed by atoms with Crippen molar-refractivity contribution in [3.8, 4) is 36.4 Å². The zero-order valence-corrected chi connectivity index (χ0v) is 62.9. The van der Waals surface area contributed by atoms with Crippen LogP contribution < -0.4 is 0 Å². The van der Waals surface area contributed by atoms with E-state index >= 15 is 0 Å². The van der Waals surface area contributed by atoms with Gasteiger partial charge in [0.1, 0.15) is 53.1 Å². The molecule has 6 aromatic heterocycles. The predicted molar refractivity (Wildman–Crippen MR) is 438 cm³/mol. The van der Waals surface area contributed by atoms with E-state index in [2.05, 4.69) is 144 Å². The molecule has 0 amide bonds. The summed E-state index contributed by atoms with van der Waals surface area (Å²) < 4.78 is 8.20. The molecule has 0 fully saturated rings. The molecule has 6 heterocycles. The molecule has 0 atom stereocenters. The van der Waals surface area contributed by atoms with Crippen LogP contribution in [-0.4, -0.2) is 13.7 Å². The zero-order valence-electron chi connectivity index (χ0n) is 60.4. The molecule has 9 nitrogen and oxygen atoms in total. The van der Waals surface area contributed by atoms with Gasteiger partial charge in [-0.05, 0) is 127 Å². The fraction of sp³-hybridized carbons (Fsp3) is 0.400. The van der Waals surface area contributed by atoms with Gasteiger partial charge in [-0.2, -0.15) is 31.6 Å². The van der Waals surface area contributed by atoms with Gasteiger partial charge >= 0.3 is 0 Å². The summed E-state index contributed by atoms with van der Waals surface area (Å²) in [6, 6.07) is 45.7. The van der Waals surface area contributed by atoms with Crippen molar-refractivity contribution < 1.29 is 0 Å². The highest BCUT2D eigenvalue weighted by Crippen LogP contribution is 2.49. The third kappa shape index (κ3) is 19.9. The van der Waals surface area contributed by atoms with Crippen molar-refractivity contribution in [1.82, 2.24) is 13.7 Å². The minimum Gasteiger partial charge on any atom is -0.340 e. The van der Waals surface area contributed by atoms with Crippen molar-refractivity contribution in [2.24, 2.45) is 0 Å². The van der Waals surface area contributed by atoms with Crippen LogP contribution in [0, 0.1) is 68.0 Å². The second-order valence-electron chi connectivity index (χ2n) is 27.6. The van der Waals surface area contributed by atoms with Crippen molar-refractivity contribution in [2.75, 3.05) is 0 Å². The summed E-state index contributed by atoms with van der Waals surface area (Å²) in [7, 11) is 0. The molecule has 0 saturated carbocycles. The molecule has 12 heteroatoms. The maximum atomic E-state index is 9.56. The summed E-state index contributed by atoms with van der Waals surface area (Å²) in [5.74, 6) is 0. The van der Waals surface area contributed by atoms with E-state index in [9.17, 15) is 31.6 Å². The molecule has 0 spiro atoms. The number of hydrogen-bond acceptors (Lipinski definition) is 9. The van der Waals surface area contributed by atoms with Gasteiger partial charge in [0.15, 0.2) is 0 Å². The van der Waals surface area contributed by atoms with Gasteiger partial charge in [0.25, 0.3) is 0 Å². The number of fused-ring (bicyclic) bond motifs is 12. The topological polar surface area (TPSA) is 158 Å². The number of aryl methyl sites for hydroxylation is 3. The highest BCUT2D eigenvalue weighted by atomic mass is 32.1. The average Bonchev–Trinajstić information content (AvgIpc) is 1.51. The second kappa shape index (κ2) is 39.8. The molecule has 0 aliphatic rings. The van der Waals surface area contributed by atoms with Gasteiger partial charge in [-0.15, -0.1) is 34.0 Å². The van der Waals surface area contributed by atoms with Gasteiger partial charge in [-0.25, -0.2) is 0 Å². The summed E-state index contributed by atoms with van der Waals surface area (Å²) in [6.07, 6.45) is 55.8. The van der Waals surface area contributed by atoms with Crippen LogP contribution >= 0.6 is 34.0 Å². The Labute approximate surface area is 618 Å². The molecular formula is C90H99N9S3. The second-order valence-corrected chi connectivity index (χ2v) is 31.0. The summed E-state index contributed by atoms with van der Waals surface area (Å²) in [4.78, 5) is 5.75. The largest absolute Gasteiger partial charge is 0.340 e. The molecule has 0 unspecified atom stereocenters. The fourth-order valence-electron chi connectivity index (χ4n) is 14.7. The maximum Gasteiger partial charge on any atom is 0.131 e. The SMILES string of the molecule is CCCCCCCCCCCCn1c2cc(/C=C/c3ccc(C=C(C#N)C#N)s3)ccc2c2c1c1c3ccc(/C=C/c4ccc(C=C(C#N)C#N)s4)cc3n(CCCCCCCCCCCC)c1c1c3ccc(/C=C/c4ccc(C=C(C#N)C#N)s4)cc3n(CCCCCCCCCCCC)c21. The average molecular weight is 1400 g/mol. The van der Waals surface area contributed by atoms with E-state index in [1.807, 2.05) is 54.6 Å². The lowest BCUT2D eigenvalue weighted by atomic mass is 10.0. The Kier molecular flexibility index (Phi) is 29.5. The van der Waals surface area contributed by atoms with Gasteiger partial charge in [-0.3, -0.25) is 0 Å². The Morgan fingerprint density at radius 3 is 0.745 bits per heavy atom. The molecular weight excluding hydrogens is 1300 g/mol. The fourth-order valence-corrected chi connectivity index (χ4v) is 17.3. The van der Waals surface area contributed by atoms with Gasteiger partial charge in [0, 0.05) is 97.8 Å². The van der Waals surface area contributed by atoms with E-state index in [-0.39, 0.29) is 16.7 Å². The maximum absolute atomic E-state index is 9.56. The van der Waals surface area contributed by atoms with Crippen molar-refractivity contribution >= 4 is 154 Å². The van der Waals surface area contributed by atoms with Crippen LogP contribution in [-0.2, 0) is 19.6 Å². The van der Waals surface area contributed by atoms with E-state index in [0.29, 0.717) is 0 Å². The molecule has 10 rings (SSSR count). The molecule has 0 saturated heterocycles. The highest BCUT2D eigenvalue weighted by molar-refractivity contribution is 7.14. The first-order valence-electron chi connectivity index (χ1n) is 38.1. The van der Waals surface area contributed by atoms with Crippen LogP contribution in [0.3, 0.4) is 0 Å². The molecule has 0 aliphatic heterocycles. The number of unbranched alkanes of at least 4 members (excludes halogenated alkanes) is 27. The van der Waals surface area contributed by atoms with Crippen molar-refractivity contribution in [2.45, 2.75) is 233 Å². The summed E-state index contributed by atoms with van der Waals surface area (Å²) in [5, 5.41) is 65.1. The van der Waals surface area contributed by atoms with E-state index in [4.69, 9.17) is 0 Å². The minimum absolute atomic E-state index is 0.0928. The lowest BCUT2D eigenvalue weighted by Gasteiger charge is -2.13. The number of nitriles is 6. The third-order valence-corrected chi connectivity index (χ3v) is 23.0. The Morgan fingerprint density at radius 2 is 0.510 bits per heavy atom. The van der Waals surface area contributed by atoms with E-state index in [0.717, 1.165) is 104 Å². The Bertz CT molecular complexity index is 4380. The number of nitrogens with zero attached hydrogens (tertiary/aromatic N) is 9. The number of benzene rings is 4. The number of aromatic nitrogens is 3. The molecule has 0 aliphatic carbocycles. The number of hydrogen-bond donors (Lipinski definition) is 0. The minimum atomic E-state index is 0.0928. The molecule has 0 radical (unpaired) electrons. The first kappa shape index (κ1) is 75.4. The van der Waals surface area contributed by atoms with Gasteiger partial charge in [0.05, 0.1) is 16.6 Å². The summed E-state index contributed by atoms with van der Waals surface area (Å²) in [5.41, 5.74) is 11.2. The molecule has 522 valence electrons. The van der Waals surface area contributed by atoms with Crippen LogP contribution in [0.4, 0.5) is 0 Å². The number of rotatable bonds is 42. The van der Waals surface area contributed by atoms with Crippen LogP contribution in [0.25, 0.3) is 120 Å². The van der Waals surface area contributed by atoms with Crippen molar-refractivity contribution in [3.05, 3.63) is 154 Å². The molecule has 10 aromatic rings. The predicted octanol–water partition coefficient (Wildman–Crippen LogP) is 27.8. The summed E-state index contributed by atoms with van der Waals surface area (Å²) in [6.45, 7) is 9.51. The van der Waals surface area contributed by atoms with E-state index in [1.165, 1.54) is 220 Å². The monoisotopic (exact) mass is 1400 g/mol. The number of allylic oxidation sites excluding steroid dienone is 3. The highest BCUT2D eigenvalue weighted by Gasteiger charge is 2.28. The zero-order chi connectivity index (χ0) is 71.3. The normalized spacial score (nSPS) is 11.6. The molecule has 0 N–H and O–H groups in total. The van der Waals surface area contributed by atoms with Crippen molar-refractivity contribution in [3.63, 3.8) is 0 Å². The first-order valence-corrected chi connectivity index (χ1v) is 40.6. The van der Waals surface area contributed by atoms with Crippen molar-refractivity contribution in [1.29, 1.82) is 31.6 Å². The lowest BCUT2D eigenvalue weighted by molar-refractivity contribution is 0.541.